The van der Waals surface area contributed by atoms with E-state index in [2.05, 4.69) is 45.6 Å². The van der Waals surface area contributed by atoms with Crippen molar-refractivity contribution in [3.63, 3.8) is 0 Å². The van der Waals surface area contributed by atoms with Crippen molar-refractivity contribution in [3.8, 4) is 0 Å². The highest BCUT2D eigenvalue weighted by molar-refractivity contribution is 5.59. The predicted octanol–water partition coefficient (Wildman–Crippen LogP) is 2.97. The SMILES string of the molecule is Cc1cc(N)cc(N2CC(C)(C)OC(C)(C)C2)c1. The number of rotatable bonds is 1. The zero-order chi connectivity index (χ0) is 13.6. The zero-order valence-electron chi connectivity index (χ0n) is 12.1. The smallest absolute Gasteiger partial charge is 0.0808 e. The molecule has 0 saturated carbocycles. The Kier molecular flexibility index (Phi) is 3.06. The summed E-state index contributed by atoms with van der Waals surface area (Å²) in [5, 5.41) is 0. The molecule has 0 radical (unpaired) electrons. The third-order valence-corrected chi connectivity index (χ3v) is 3.15. The molecule has 0 spiro atoms. The maximum absolute atomic E-state index is 6.10. The molecule has 1 heterocycles. The number of aryl methyl sites for hydroxylation is 1. The summed E-state index contributed by atoms with van der Waals surface area (Å²) < 4.78 is 6.10. The van der Waals surface area contributed by atoms with Crippen LogP contribution >= 0.6 is 0 Å². The fraction of sp³-hybridized carbons (Fsp3) is 0.600. The predicted molar refractivity (Wildman–Crippen MR) is 77.0 cm³/mol. The third-order valence-electron chi connectivity index (χ3n) is 3.15. The topological polar surface area (TPSA) is 38.5 Å². The molecule has 1 aromatic carbocycles. The van der Waals surface area contributed by atoms with Gasteiger partial charge in [-0.25, -0.2) is 0 Å². The third kappa shape index (κ3) is 2.96. The zero-order valence-corrected chi connectivity index (χ0v) is 12.1. The molecule has 1 aromatic rings. The minimum absolute atomic E-state index is 0.139. The van der Waals surface area contributed by atoms with E-state index in [9.17, 15) is 0 Å². The quantitative estimate of drug-likeness (QED) is 0.777. The number of nitrogen functional groups attached to an aromatic ring is 1. The molecule has 1 aliphatic rings. The maximum atomic E-state index is 6.10. The molecular formula is C15H24N2O. The molecule has 0 unspecified atom stereocenters. The molecule has 0 atom stereocenters. The van der Waals surface area contributed by atoms with E-state index >= 15 is 0 Å². The Bertz CT molecular complexity index is 416. The van der Waals surface area contributed by atoms with Gasteiger partial charge in [0.1, 0.15) is 0 Å². The van der Waals surface area contributed by atoms with Gasteiger partial charge in [-0.05, 0) is 58.4 Å². The van der Waals surface area contributed by atoms with Gasteiger partial charge in [0, 0.05) is 24.5 Å². The standard InChI is InChI=1S/C15H24N2O/c1-11-6-12(16)8-13(7-11)17-9-14(2,3)18-15(4,5)10-17/h6-8H,9-10,16H2,1-5H3. The fourth-order valence-electron chi connectivity index (χ4n) is 2.94. The molecule has 18 heavy (non-hydrogen) atoms. The first kappa shape index (κ1) is 13.2. The number of ether oxygens (including phenoxy) is 1. The summed E-state index contributed by atoms with van der Waals surface area (Å²) in [5.41, 5.74) is 8.88. The van der Waals surface area contributed by atoms with Gasteiger partial charge in [0.2, 0.25) is 0 Å². The molecule has 0 aliphatic carbocycles. The number of morpholine rings is 1. The van der Waals surface area contributed by atoms with E-state index < -0.39 is 0 Å². The van der Waals surface area contributed by atoms with Gasteiger partial charge in [-0.3, -0.25) is 0 Å². The molecular weight excluding hydrogens is 224 g/mol. The molecule has 2 N–H and O–H groups in total. The molecule has 1 aliphatic heterocycles. The summed E-state index contributed by atoms with van der Waals surface area (Å²) in [7, 11) is 0. The van der Waals surface area contributed by atoms with E-state index in [1.54, 1.807) is 0 Å². The molecule has 0 bridgehead atoms. The molecule has 0 amide bonds. The summed E-state index contributed by atoms with van der Waals surface area (Å²) in [6.45, 7) is 12.4. The normalized spacial score (nSPS) is 21.9. The van der Waals surface area contributed by atoms with Crippen LogP contribution in [-0.2, 0) is 4.74 Å². The van der Waals surface area contributed by atoms with Gasteiger partial charge in [-0.2, -0.15) is 0 Å². The van der Waals surface area contributed by atoms with Crippen LogP contribution in [0.1, 0.15) is 33.3 Å². The highest BCUT2D eigenvalue weighted by Crippen LogP contribution is 2.32. The minimum Gasteiger partial charge on any atom is -0.399 e. The first-order chi connectivity index (χ1) is 8.17. The molecule has 1 fully saturated rings. The Balaban J connectivity index is 2.32. The summed E-state index contributed by atoms with van der Waals surface area (Å²) in [6.07, 6.45) is 0. The highest BCUT2D eigenvalue weighted by atomic mass is 16.5. The number of benzene rings is 1. The van der Waals surface area contributed by atoms with E-state index in [4.69, 9.17) is 10.5 Å². The van der Waals surface area contributed by atoms with Crippen molar-refractivity contribution < 1.29 is 4.74 Å². The number of nitrogens with two attached hydrogens (primary N) is 1. The van der Waals surface area contributed by atoms with Gasteiger partial charge >= 0.3 is 0 Å². The van der Waals surface area contributed by atoms with Crippen molar-refractivity contribution in [1.82, 2.24) is 0 Å². The number of anilines is 2. The van der Waals surface area contributed by atoms with E-state index in [1.807, 2.05) is 12.1 Å². The van der Waals surface area contributed by atoms with Crippen molar-refractivity contribution in [3.05, 3.63) is 23.8 Å². The van der Waals surface area contributed by atoms with Crippen LogP contribution in [0, 0.1) is 6.92 Å². The van der Waals surface area contributed by atoms with Gasteiger partial charge in [0.15, 0.2) is 0 Å². The van der Waals surface area contributed by atoms with Crippen molar-refractivity contribution >= 4 is 11.4 Å². The Morgan fingerprint density at radius 3 is 2.11 bits per heavy atom. The second-order valence-electron chi connectivity index (χ2n) is 6.58. The number of hydrogen-bond acceptors (Lipinski definition) is 3. The Hall–Kier alpha value is -1.22. The molecule has 0 aromatic heterocycles. The summed E-state index contributed by atoms with van der Waals surface area (Å²) in [4.78, 5) is 2.37. The fourth-order valence-corrected chi connectivity index (χ4v) is 2.94. The van der Waals surface area contributed by atoms with Gasteiger partial charge in [-0.15, -0.1) is 0 Å². The van der Waals surface area contributed by atoms with E-state index in [1.165, 1.54) is 11.3 Å². The number of nitrogens with zero attached hydrogens (tertiary/aromatic N) is 1. The van der Waals surface area contributed by atoms with Crippen LogP contribution in [0.5, 0.6) is 0 Å². The van der Waals surface area contributed by atoms with Crippen LogP contribution in [0.2, 0.25) is 0 Å². The second-order valence-corrected chi connectivity index (χ2v) is 6.58. The lowest BCUT2D eigenvalue weighted by molar-refractivity contribution is -0.133. The van der Waals surface area contributed by atoms with Crippen LogP contribution in [0.15, 0.2) is 18.2 Å². The number of hydrogen-bond donors (Lipinski definition) is 1. The molecule has 100 valence electrons. The second kappa shape index (κ2) is 4.16. The van der Waals surface area contributed by atoms with Gasteiger partial charge in [0.05, 0.1) is 11.2 Å². The summed E-state index contributed by atoms with van der Waals surface area (Å²) >= 11 is 0. The minimum atomic E-state index is -0.139. The van der Waals surface area contributed by atoms with E-state index in [-0.39, 0.29) is 11.2 Å². The monoisotopic (exact) mass is 248 g/mol. The first-order valence-corrected chi connectivity index (χ1v) is 6.49. The average molecular weight is 248 g/mol. The highest BCUT2D eigenvalue weighted by Gasteiger charge is 2.38. The Morgan fingerprint density at radius 1 is 1.06 bits per heavy atom. The summed E-state index contributed by atoms with van der Waals surface area (Å²) in [6, 6.07) is 6.23. The average Bonchev–Trinajstić information content (AvgIpc) is 2.10. The van der Waals surface area contributed by atoms with Crippen molar-refractivity contribution in [2.45, 2.75) is 45.8 Å². The lowest BCUT2D eigenvalue weighted by Gasteiger charge is -2.48. The van der Waals surface area contributed by atoms with Crippen LogP contribution in [0.3, 0.4) is 0 Å². The molecule has 2 rings (SSSR count). The Labute approximate surface area is 110 Å². The van der Waals surface area contributed by atoms with E-state index in [0.717, 1.165) is 18.8 Å². The molecule has 1 saturated heterocycles. The largest absolute Gasteiger partial charge is 0.399 e. The van der Waals surface area contributed by atoms with Crippen LogP contribution in [-0.4, -0.2) is 24.3 Å². The van der Waals surface area contributed by atoms with Crippen molar-refractivity contribution in [2.75, 3.05) is 23.7 Å². The molecule has 3 nitrogen and oxygen atoms in total. The lowest BCUT2D eigenvalue weighted by atomic mass is 9.98. The van der Waals surface area contributed by atoms with Crippen molar-refractivity contribution in [1.29, 1.82) is 0 Å². The van der Waals surface area contributed by atoms with Gasteiger partial charge < -0.3 is 15.4 Å². The van der Waals surface area contributed by atoms with Crippen molar-refractivity contribution in [2.24, 2.45) is 0 Å². The van der Waals surface area contributed by atoms with Crippen LogP contribution in [0.4, 0.5) is 11.4 Å². The summed E-state index contributed by atoms with van der Waals surface area (Å²) in [5.74, 6) is 0. The maximum Gasteiger partial charge on any atom is 0.0808 e. The van der Waals surface area contributed by atoms with E-state index in [0.29, 0.717) is 0 Å². The Morgan fingerprint density at radius 2 is 1.61 bits per heavy atom. The van der Waals surface area contributed by atoms with Gasteiger partial charge in [0.25, 0.3) is 0 Å². The van der Waals surface area contributed by atoms with Gasteiger partial charge in [-0.1, -0.05) is 0 Å². The molecule has 3 heteroatoms. The van der Waals surface area contributed by atoms with Crippen LogP contribution < -0.4 is 10.6 Å². The van der Waals surface area contributed by atoms with Crippen LogP contribution in [0.25, 0.3) is 0 Å². The first-order valence-electron chi connectivity index (χ1n) is 6.49. The lowest BCUT2D eigenvalue weighted by Crippen LogP contribution is -2.57.